The molecule has 15 heteroatoms. The van der Waals surface area contributed by atoms with Gasteiger partial charge >= 0.3 is 11.0 Å². The van der Waals surface area contributed by atoms with Crippen LogP contribution in [0.15, 0.2) is 0 Å². The van der Waals surface area contributed by atoms with Crippen LogP contribution in [0.1, 0.15) is 0 Å². The van der Waals surface area contributed by atoms with Gasteiger partial charge in [0, 0.05) is 10.8 Å². The van der Waals surface area contributed by atoms with Crippen LogP contribution >= 0.6 is 50.1 Å². The average molecular weight is 405 g/mol. The number of hydrogen-bond acceptors (Lipinski definition) is 3. The molecule has 120 valence electrons. The normalized spacial score (nSPS) is 18.3. The van der Waals surface area contributed by atoms with E-state index in [4.69, 9.17) is 0 Å². The van der Waals surface area contributed by atoms with Gasteiger partial charge in [0.05, 0.1) is 16.0 Å². The Balaban J connectivity index is 6.20. The van der Waals surface area contributed by atoms with Crippen molar-refractivity contribution in [3.8, 4) is 0 Å². The van der Waals surface area contributed by atoms with Crippen molar-refractivity contribution in [1.29, 1.82) is 0 Å². The Labute approximate surface area is 115 Å². The van der Waals surface area contributed by atoms with E-state index < -0.39 is 60.5 Å². The molecule has 0 saturated heterocycles. The maximum Gasteiger partial charge on any atom is 0.482 e. The molecule has 0 aromatic carbocycles. The van der Waals surface area contributed by atoms with Gasteiger partial charge in [-0.3, -0.25) is 0 Å². The molecule has 0 fully saturated rings. The Hall–Kier alpha value is 0.990. The second-order valence-electron chi connectivity index (χ2n) is 2.60. The van der Waals surface area contributed by atoms with Gasteiger partial charge in [0.2, 0.25) is 0 Å². The molecule has 0 bridgehead atoms. The third kappa shape index (κ3) is 4.01. The fraction of sp³-hybridized carbons (Fsp3) is 1.00. The summed E-state index contributed by atoms with van der Waals surface area (Å²) < 4.78 is 126. The van der Waals surface area contributed by atoms with Crippen LogP contribution in [0.5, 0.6) is 0 Å². The van der Waals surface area contributed by atoms with Crippen molar-refractivity contribution in [3.63, 3.8) is 0 Å². The Kier molecular flexibility index (Phi) is 5.28. The summed E-state index contributed by atoms with van der Waals surface area (Å²) in [5.41, 5.74) is -12.9. The van der Waals surface area contributed by atoms with Crippen LogP contribution in [0.3, 0.4) is 0 Å². The van der Waals surface area contributed by atoms with Crippen LogP contribution in [0, 0.1) is 0 Å². The summed E-state index contributed by atoms with van der Waals surface area (Å²) in [4.78, 5) is 0. The number of hydrogen-bond donors (Lipinski definition) is 0. The zero-order valence-electron chi connectivity index (χ0n) is 8.08. The van der Waals surface area contributed by atoms with Crippen molar-refractivity contribution >= 4 is 50.1 Å². The summed E-state index contributed by atoms with van der Waals surface area (Å²) in [6.45, 7) is 0. The zero-order valence-corrected chi connectivity index (χ0v) is 12.1. The van der Waals surface area contributed by atoms with Crippen LogP contribution in [-0.4, -0.2) is 22.0 Å². The van der Waals surface area contributed by atoms with Crippen LogP contribution in [0.25, 0.3) is 0 Å². The van der Waals surface area contributed by atoms with Crippen molar-refractivity contribution in [2.24, 2.45) is 0 Å². The molecular weight excluding hydrogens is 402 g/mol. The highest BCUT2D eigenvalue weighted by atomic mass is 35.5. The largest absolute Gasteiger partial charge is 0.482 e. The Morgan fingerprint density at radius 2 is 1.42 bits per heavy atom. The third-order valence-corrected chi connectivity index (χ3v) is 15.7. The molecule has 0 aromatic rings. The molecule has 0 unspecified atom stereocenters. The van der Waals surface area contributed by atoms with Gasteiger partial charge < -0.3 is 0 Å². The quantitative estimate of drug-likeness (QED) is 0.274. The lowest BCUT2D eigenvalue weighted by molar-refractivity contribution is -0.0496. The molecule has 0 amide bonds. The summed E-state index contributed by atoms with van der Waals surface area (Å²) >= 11 is 4.66. The minimum Gasteiger partial charge on any atom is -0.197 e. The lowest BCUT2D eigenvalue weighted by Gasteiger charge is -2.60. The summed E-state index contributed by atoms with van der Waals surface area (Å²) in [5, 5.41) is -1.64. The summed E-state index contributed by atoms with van der Waals surface area (Å²) in [6.07, 6.45) is -9.40. The fourth-order valence-corrected chi connectivity index (χ4v) is 13.5. The van der Waals surface area contributed by atoms with Crippen LogP contribution in [-0.2, 0) is 0 Å². The molecule has 0 aliphatic rings. The highest BCUT2D eigenvalue weighted by Gasteiger charge is 2.87. The molecule has 0 N–H and O–H groups in total. The lowest BCUT2D eigenvalue weighted by Crippen LogP contribution is -2.35. The van der Waals surface area contributed by atoms with E-state index in [2.05, 4.69) is 11.6 Å². The van der Waals surface area contributed by atoms with Gasteiger partial charge in [0.1, 0.15) is 0 Å². The number of rotatable bonds is 5. The molecule has 19 heavy (non-hydrogen) atoms. The van der Waals surface area contributed by atoms with Gasteiger partial charge in [-0.2, -0.15) is 35.1 Å². The topological polar surface area (TPSA) is 0 Å². The van der Waals surface area contributed by atoms with E-state index in [0.29, 0.717) is 0 Å². The minimum absolute atomic E-state index is 1.64. The number of alkyl halides is 9. The predicted octanol–water partition coefficient (Wildman–Crippen LogP) is 7.03. The van der Waals surface area contributed by atoms with Gasteiger partial charge in [-0.05, 0) is 10.8 Å². The standard InChI is InChI=1S/C4H3ClF10S4/c5-1-16-19(14,15,4(11,12)13,17-2(6)7)18-3(8,9)10/h2H,1H2. The maximum absolute atomic E-state index is 14.1. The Morgan fingerprint density at radius 1 is 1.00 bits per heavy atom. The van der Waals surface area contributed by atoms with Crippen molar-refractivity contribution in [3.05, 3.63) is 0 Å². The Bertz CT molecular complexity index is 348. The van der Waals surface area contributed by atoms with Crippen molar-refractivity contribution in [2.45, 2.75) is 16.8 Å². The molecule has 0 radical (unpaired) electrons. The summed E-state index contributed by atoms with van der Waals surface area (Å²) in [6, 6.07) is 0. The molecular formula is C4H3ClF10S4. The molecule has 0 heterocycles. The van der Waals surface area contributed by atoms with E-state index in [1.807, 2.05) is 0 Å². The maximum atomic E-state index is 14.1. The fourth-order valence-electron chi connectivity index (χ4n) is 0.679. The monoisotopic (exact) mass is 404 g/mol. The first kappa shape index (κ1) is 20.0. The van der Waals surface area contributed by atoms with Crippen LogP contribution in [0.2, 0.25) is 0 Å². The van der Waals surface area contributed by atoms with Crippen LogP contribution < -0.4 is 0 Å². The van der Waals surface area contributed by atoms with E-state index in [0.717, 1.165) is 0 Å². The van der Waals surface area contributed by atoms with Crippen LogP contribution in [0.4, 0.5) is 42.9 Å². The first-order valence-electron chi connectivity index (χ1n) is 3.58. The second-order valence-corrected chi connectivity index (χ2v) is 17.9. The average Bonchev–Trinajstić information content (AvgIpc) is 1.93. The van der Waals surface area contributed by atoms with Gasteiger partial charge in [-0.25, -0.2) is 0 Å². The predicted molar refractivity (Wildman–Crippen MR) is 61.4 cm³/mol. The molecule has 0 spiro atoms. The molecule has 0 aliphatic carbocycles. The van der Waals surface area contributed by atoms with E-state index >= 15 is 0 Å². The van der Waals surface area contributed by atoms with E-state index in [1.54, 1.807) is 0 Å². The van der Waals surface area contributed by atoms with Crippen molar-refractivity contribution in [2.75, 3.05) is 5.21 Å². The van der Waals surface area contributed by atoms with Gasteiger partial charge in [-0.15, -0.1) is 19.4 Å². The molecule has 0 rings (SSSR count). The molecule has 0 aromatic heterocycles. The summed E-state index contributed by atoms with van der Waals surface area (Å²) in [7, 11) is -6.77. The summed E-state index contributed by atoms with van der Waals surface area (Å²) in [5.74, 6) is -4.37. The Morgan fingerprint density at radius 3 is 1.63 bits per heavy atom. The van der Waals surface area contributed by atoms with Gasteiger partial charge in [0.25, 0.3) is 5.76 Å². The first-order chi connectivity index (χ1) is 8.01. The highest BCUT2D eigenvalue weighted by Crippen LogP contribution is 3.20. The molecule has 0 aliphatic heterocycles. The SMILES string of the molecule is FC(F)SS(F)(F)(SCCl)(SC(F)(F)F)C(F)(F)F. The molecule has 0 nitrogen and oxygen atoms in total. The zero-order chi connectivity index (χ0) is 15.8. The second kappa shape index (κ2) is 5.02. The van der Waals surface area contributed by atoms with E-state index in [1.165, 1.54) is 0 Å². The van der Waals surface area contributed by atoms with Crippen molar-refractivity contribution < 1.29 is 42.9 Å². The molecule has 0 atom stereocenters. The van der Waals surface area contributed by atoms with E-state index in [9.17, 15) is 42.9 Å². The first-order valence-corrected chi connectivity index (χ1v) is 10.6. The minimum atomic E-state index is -9.40. The number of halogens is 11. The van der Waals surface area contributed by atoms with Gasteiger partial charge in [0.15, 0.2) is 6.16 Å². The highest BCUT2D eigenvalue weighted by molar-refractivity contribution is 9.60. The van der Waals surface area contributed by atoms with E-state index in [-0.39, 0.29) is 0 Å². The van der Waals surface area contributed by atoms with Gasteiger partial charge in [-0.1, -0.05) is 0 Å². The van der Waals surface area contributed by atoms with Crippen molar-refractivity contribution in [1.82, 2.24) is 0 Å². The smallest absolute Gasteiger partial charge is 0.197 e. The lowest BCUT2D eigenvalue weighted by atomic mass is 11.6. The molecule has 0 saturated carbocycles. The third-order valence-electron chi connectivity index (χ3n) is 1.29.